The minimum atomic E-state index is -1.16. The standard InChI is InChI=1S/C35H32F2N4O6/c1-19-12-26(36)24(27(37)13-19)15-38-33(45)25-17-40-28-18-39(34(46)30(40)32(44)31(25)43)20(2)10-11-35(28)14-29(42)41(47-35)16-22-8-5-7-21-6-3-4-9-23(21)22/h3-9,12-13,17,20,28,44H,10-11,14-16,18H2,1-2H3,(H,38,45)/t20-,28+,35-/m0/s1. The fourth-order valence-corrected chi connectivity index (χ4v) is 7.14. The number of benzene rings is 3. The van der Waals surface area contributed by atoms with E-state index in [4.69, 9.17) is 4.84 Å². The van der Waals surface area contributed by atoms with Crippen molar-refractivity contribution in [3.8, 4) is 5.75 Å². The average molecular weight is 643 g/mol. The number of carbonyl (C=O) groups excluding carboxylic acids is 3. The summed E-state index contributed by atoms with van der Waals surface area (Å²) < 4.78 is 30.3. The second-order valence-electron chi connectivity index (χ2n) is 12.6. The zero-order chi connectivity index (χ0) is 33.2. The summed E-state index contributed by atoms with van der Waals surface area (Å²) in [5.41, 5.74) is -2.24. The van der Waals surface area contributed by atoms with E-state index >= 15 is 0 Å². The number of halogens is 2. The van der Waals surface area contributed by atoms with E-state index in [0.29, 0.717) is 18.4 Å². The van der Waals surface area contributed by atoms with Gasteiger partial charge in [0, 0.05) is 30.9 Å². The quantitative estimate of drug-likeness (QED) is 0.331. The number of amides is 3. The van der Waals surface area contributed by atoms with Gasteiger partial charge in [0.2, 0.25) is 11.3 Å². The predicted molar refractivity (Wildman–Crippen MR) is 166 cm³/mol. The smallest absolute Gasteiger partial charge is 0.274 e. The fraction of sp³-hybridized carbons (Fsp3) is 0.314. The number of hydrogen-bond donors (Lipinski definition) is 2. The van der Waals surface area contributed by atoms with Crippen molar-refractivity contribution in [2.24, 2.45) is 0 Å². The van der Waals surface area contributed by atoms with Crippen LogP contribution in [0, 0.1) is 18.6 Å². The maximum absolute atomic E-state index is 14.4. The molecule has 4 heterocycles. The van der Waals surface area contributed by atoms with E-state index < -0.39 is 63.9 Å². The summed E-state index contributed by atoms with van der Waals surface area (Å²) in [7, 11) is 0. The van der Waals surface area contributed by atoms with Crippen molar-refractivity contribution in [1.82, 2.24) is 19.8 Å². The molecule has 12 heteroatoms. The normalized spacial score (nSPS) is 22.1. The van der Waals surface area contributed by atoms with Crippen molar-refractivity contribution in [2.45, 2.75) is 63.9 Å². The molecule has 3 atom stereocenters. The number of rotatable bonds is 5. The highest BCUT2D eigenvalue weighted by Crippen LogP contribution is 2.47. The summed E-state index contributed by atoms with van der Waals surface area (Å²) in [5.74, 6) is -4.48. The Kier molecular flexibility index (Phi) is 7.35. The number of aryl methyl sites for hydroxylation is 1. The van der Waals surface area contributed by atoms with Crippen LogP contribution < -0.4 is 10.7 Å². The number of nitrogens with zero attached hydrogens (tertiary/aromatic N) is 3. The van der Waals surface area contributed by atoms with Crippen LogP contribution in [-0.4, -0.2) is 55.5 Å². The van der Waals surface area contributed by atoms with Crippen LogP contribution in [0.2, 0.25) is 0 Å². The third-order valence-electron chi connectivity index (χ3n) is 9.67. The Morgan fingerprint density at radius 1 is 1.09 bits per heavy atom. The number of aromatic hydroxyl groups is 1. The molecular formula is C35H32F2N4O6. The largest absolute Gasteiger partial charge is 0.503 e. The highest BCUT2D eigenvalue weighted by Gasteiger charge is 2.56. The van der Waals surface area contributed by atoms with Gasteiger partial charge in [0.05, 0.1) is 19.0 Å². The van der Waals surface area contributed by atoms with Crippen LogP contribution in [0.5, 0.6) is 5.75 Å². The molecule has 2 N–H and O–H groups in total. The molecule has 0 radical (unpaired) electrons. The summed E-state index contributed by atoms with van der Waals surface area (Å²) in [6.45, 7) is 3.10. The molecule has 3 aliphatic rings. The zero-order valence-corrected chi connectivity index (χ0v) is 25.8. The number of hydrogen-bond acceptors (Lipinski definition) is 6. The molecule has 3 aromatic carbocycles. The minimum absolute atomic E-state index is 0.0307. The third-order valence-corrected chi connectivity index (χ3v) is 9.67. The molecule has 0 aliphatic carbocycles. The van der Waals surface area contributed by atoms with E-state index in [0.717, 1.165) is 28.5 Å². The van der Waals surface area contributed by atoms with Gasteiger partial charge in [-0.05, 0) is 60.7 Å². The Morgan fingerprint density at radius 2 is 1.81 bits per heavy atom. The van der Waals surface area contributed by atoms with Gasteiger partial charge in [-0.15, -0.1) is 0 Å². The number of fused-ring (bicyclic) bond motifs is 6. The van der Waals surface area contributed by atoms with Gasteiger partial charge in [-0.3, -0.25) is 24.0 Å². The Morgan fingerprint density at radius 3 is 2.57 bits per heavy atom. The summed E-state index contributed by atoms with van der Waals surface area (Å²) in [6, 6.07) is 14.8. The molecule has 2 fully saturated rings. The van der Waals surface area contributed by atoms with Crippen molar-refractivity contribution >= 4 is 28.5 Å². The molecular weight excluding hydrogens is 610 g/mol. The molecule has 7 rings (SSSR count). The van der Waals surface area contributed by atoms with Crippen molar-refractivity contribution in [3.05, 3.63) is 111 Å². The van der Waals surface area contributed by atoms with E-state index in [1.807, 2.05) is 49.4 Å². The molecule has 0 saturated carbocycles. The van der Waals surface area contributed by atoms with Crippen molar-refractivity contribution in [2.75, 3.05) is 6.54 Å². The molecule has 0 unspecified atom stereocenters. The van der Waals surface area contributed by atoms with Crippen LogP contribution in [0.25, 0.3) is 10.8 Å². The van der Waals surface area contributed by atoms with Gasteiger partial charge in [0.1, 0.15) is 22.8 Å². The van der Waals surface area contributed by atoms with E-state index in [-0.39, 0.29) is 37.2 Å². The minimum Gasteiger partial charge on any atom is -0.503 e. The van der Waals surface area contributed by atoms with Gasteiger partial charge in [0.15, 0.2) is 11.4 Å². The number of pyridine rings is 1. The molecule has 3 amide bonds. The molecule has 1 spiro atoms. The van der Waals surface area contributed by atoms with Crippen LogP contribution in [0.3, 0.4) is 0 Å². The Bertz CT molecular complexity index is 2020. The van der Waals surface area contributed by atoms with Gasteiger partial charge in [-0.25, -0.2) is 13.8 Å². The lowest BCUT2D eigenvalue weighted by atomic mass is 9.85. The molecule has 4 aromatic rings. The maximum Gasteiger partial charge on any atom is 0.274 e. The molecule has 47 heavy (non-hydrogen) atoms. The lowest BCUT2D eigenvalue weighted by Gasteiger charge is -2.42. The Hall–Kier alpha value is -5.10. The van der Waals surface area contributed by atoms with Crippen LogP contribution in [0.4, 0.5) is 8.78 Å². The van der Waals surface area contributed by atoms with Gasteiger partial charge in [-0.1, -0.05) is 42.5 Å². The number of hydroxylamine groups is 2. The van der Waals surface area contributed by atoms with Crippen LogP contribution >= 0.6 is 0 Å². The van der Waals surface area contributed by atoms with E-state index in [1.54, 1.807) is 4.90 Å². The van der Waals surface area contributed by atoms with Crippen LogP contribution in [0.15, 0.2) is 65.6 Å². The maximum atomic E-state index is 14.4. The first-order chi connectivity index (χ1) is 22.5. The van der Waals surface area contributed by atoms with Crippen LogP contribution in [-0.2, 0) is 22.7 Å². The predicted octanol–water partition coefficient (Wildman–Crippen LogP) is 4.51. The Balaban J connectivity index is 1.25. The topological polar surface area (TPSA) is 121 Å². The first-order valence-electron chi connectivity index (χ1n) is 15.5. The second-order valence-corrected chi connectivity index (χ2v) is 12.6. The first-order valence-corrected chi connectivity index (χ1v) is 15.5. The summed E-state index contributed by atoms with van der Waals surface area (Å²) in [5, 5.41) is 16.8. The van der Waals surface area contributed by atoms with Crippen molar-refractivity contribution in [3.63, 3.8) is 0 Å². The zero-order valence-electron chi connectivity index (χ0n) is 25.8. The fourth-order valence-electron chi connectivity index (χ4n) is 7.14. The highest BCUT2D eigenvalue weighted by atomic mass is 19.1. The number of carbonyl (C=O) groups is 3. The highest BCUT2D eigenvalue weighted by molar-refractivity contribution is 5.99. The Labute approximate surface area is 268 Å². The monoisotopic (exact) mass is 642 g/mol. The number of aromatic nitrogens is 1. The number of nitrogens with one attached hydrogen (secondary N) is 1. The van der Waals surface area contributed by atoms with Gasteiger partial charge >= 0.3 is 0 Å². The van der Waals surface area contributed by atoms with Gasteiger partial charge in [-0.2, -0.15) is 0 Å². The summed E-state index contributed by atoms with van der Waals surface area (Å²) >= 11 is 0. The van der Waals surface area contributed by atoms with E-state index in [9.17, 15) is 33.1 Å². The van der Waals surface area contributed by atoms with Gasteiger partial charge in [0.25, 0.3) is 11.8 Å². The molecule has 2 bridgehead atoms. The molecule has 1 aromatic heterocycles. The third kappa shape index (κ3) is 5.03. The van der Waals surface area contributed by atoms with E-state index in [2.05, 4.69) is 5.32 Å². The summed E-state index contributed by atoms with van der Waals surface area (Å²) in [4.78, 5) is 62.0. The SMILES string of the molecule is Cc1cc(F)c(CNC(=O)c2cn3c(c(O)c2=O)C(=O)N2C[C@@H]3[C@]3(CC[C@@H]2C)CC(=O)N(Cc2cccc4ccccc24)O3)c(F)c1. The lowest BCUT2D eigenvalue weighted by Crippen LogP contribution is -2.52. The lowest BCUT2D eigenvalue weighted by molar-refractivity contribution is -0.217. The van der Waals surface area contributed by atoms with Crippen LogP contribution in [0.1, 0.15) is 69.8 Å². The molecule has 10 nitrogen and oxygen atoms in total. The van der Waals surface area contributed by atoms with Crippen molar-refractivity contribution in [1.29, 1.82) is 0 Å². The second kappa shape index (κ2) is 11.3. The molecule has 242 valence electrons. The van der Waals surface area contributed by atoms with E-state index in [1.165, 1.54) is 22.8 Å². The average Bonchev–Trinajstić information content (AvgIpc) is 3.29. The molecule has 3 aliphatic heterocycles. The first kappa shape index (κ1) is 30.5. The molecule has 2 saturated heterocycles. The summed E-state index contributed by atoms with van der Waals surface area (Å²) in [6.07, 6.45) is 2.00. The van der Waals surface area contributed by atoms with Gasteiger partial charge < -0.3 is 19.9 Å². The van der Waals surface area contributed by atoms with Crippen molar-refractivity contribution < 1.29 is 33.1 Å².